The van der Waals surface area contributed by atoms with Crippen molar-refractivity contribution in [1.82, 2.24) is 20.2 Å². The Kier molecular flexibility index (Phi) is 9.30. The average Bonchev–Trinajstić information content (AvgIpc) is 3.02. The van der Waals surface area contributed by atoms with Gasteiger partial charge in [-0.15, -0.1) is 0 Å². The lowest BCUT2D eigenvalue weighted by Crippen LogP contribution is -2.30. The van der Waals surface area contributed by atoms with E-state index < -0.39 is 0 Å². The number of ether oxygens (including phenoxy) is 2. The van der Waals surface area contributed by atoms with Gasteiger partial charge in [0.05, 0.1) is 24.4 Å². The Morgan fingerprint density at radius 1 is 1.24 bits per heavy atom. The zero-order valence-electron chi connectivity index (χ0n) is 20.1. The molecule has 1 amide bonds. The normalized spacial score (nSPS) is 15.5. The van der Waals surface area contributed by atoms with Crippen molar-refractivity contribution in [3.63, 3.8) is 0 Å². The van der Waals surface area contributed by atoms with Gasteiger partial charge >= 0.3 is 0 Å². The summed E-state index contributed by atoms with van der Waals surface area (Å²) in [6, 6.07) is 3.82. The van der Waals surface area contributed by atoms with Crippen LogP contribution in [0.3, 0.4) is 0 Å². The highest BCUT2D eigenvalue weighted by Gasteiger charge is 2.15. The van der Waals surface area contributed by atoms with Gasteiger partial charge < -0.3 is 25.0 Å². The molecule has 1 aliphatic heterocycles. The van der Waals surface area contributed by atoms with E-state index in [0.29, 0.717) is 47.8 Å². The molecule has 0 spiro atoms. The number of anilines is 1. The van der Waals surface area contributed by atoms with E-state index in [-0.39, 0.29) is 5.91 Å². The Labute approximate surface area is 206 Å². The molecule has 8 nitrogen and oxygen atoms in total. The van der Waals surface area contributed by atoms with Gasteiger partial charge in [0.15, 0.2) is 0 Å². The zero-order valence-corrected chi connectivity index (χ0v) is 20.9. The molecule has 2 N–H and O–H groups in total. The zero-order chi connectivity index (χ0) is 24.5. The largest absolute Gasteiger partial charge is 0.495 e. The second-order valence-electron chi connectivity index (χ2n) is 8.07. The molecule has 2 aromatic rings. The van der Waals surface area contributed by atoms with Gasteiger partial charge in [0.1, 0.15) is 5.75 Å². The van der Waals surface area contributed by atoms with Gasteiger partial charge in [-0.05, 0) is 55.5 Å². The number of hydrogen-bond donors (Lipinski definition) is 2. The van der Waals surface area contributed by atoms with Crippen LogP contribution in [0.2, 0.25) is 5.02 Å². The smallest absolute Gasteiger partial charge is 0.251 e. The Bertz CT molecular complexity index is 1040. The number of amides is 1. The van der Waals surface area contributed by atoms with Gasteiger partial charge in [-0.1, -0.05) is 17.7 Å². The van der Waals surface area contributed by atoms with Crippen LogP contribution in [0.15, 0.2) is 48.6 Å². The molecular weight excluding hydrogens is 454 g/mol. The van der Waals surface area contributed by atoms with Gasteiger partial charge in [-0.2, -0.15) is 0 Å². The lowest BCUT2D eigenvalue weighted by molar-refractivity contribution is 0.0962. The molecule has 182 valence electrons. The summed E-state index contributed by atoms with van der Waals surface area (Å²) in [5, 5.41) is 6.42. The quantitative estimate of drug-likeness (QED) is 0.528. The topological polar surface area (TPSA) is 88.6 Å². The number of nitrogens with one attached hydrogen (secondary N) is 2. The summed E-state index contributed by atoms with van der Waals surface area (Å²) in [5.41, 5.74) is 3.23. The summed E-state index contributed by atoms with van der Waals surface area (Å²) in [7, 11) is 4.84. The predicted molar refractivity (Wildman–Crippen MR) is 134 cm³/mol. The van der Waals surface area contributed by atoms with E-state index in [1.165, 1.54) is 7.11 Å². The first-order valence-electron chi connectivity index (χ1n) is 11.2. The maximum Gasteiger partial charge on any atom is 0.251 e. The van der Waals surface area contributed by atoms with Crippen molar-refractivity contribution in [3.8, 4) is 5.75 Å². The third-order valence-electron chi connectivity index (χ3n) is 5.67. The van der Waals surface area contributed by atoms with E-state index in [1.54, 1.807) is 38.7 Å². The first-order valence-corrected chi connectivity index (χ1v) is 11.6. The molecule has 1 aromatic carbocycles. The summed E-state index contributed by atoms with van der Waals surface area (Å²) >= 11 is 6.47. The fourth-order valence-electron chi connectivity index (χ4n) is 3.65. The van der Waals surface area contributed by atoms with E-state index in [9.17, 15) is 4.79 Å². The molecule has 0 aliphatic carbocycles. The summed E-state index contributed by atoms with van der Waals surface area (Å²) in [6.07, 6.45) is 12.1. The number of carbonyl (C=O) groups excluding carboxylic acids is 1. The number of methoxy groups -OCH3 is 2. The highest BCUT2D eigenvalue weighted by Crippen LogP contribution is 2.31. The first-order chi connectivity index (χ1) is 16.4. The Hall–Kier alpha value is -3.10. The fourth-order valence-corrected chi connectivity index (χ4v) is 3.93. The minimum absolute atomic E-state index is 0.188. The standard InChI is InChI=1S/C25H32ClN5O3/c1-17-6-5-7-21(16-31(17)10-11-33-3)30-25-28-14-18(15-29-25)8-9-19-12-20(24(32)27-2)13-22(34-4)23(19)26/h5,7,12-17H,6,8-11H2,1-4H3,(H,27,32)(H,28,29,30). The van der Waals surface area contributed by atoms with Gasteiger partial charge in [0, 0.05) is 50.9 Å². The number of allylic oxidation sites excluding steroid dienone is 1. The lowest BCUT2D eigenvalue weighted by Gasteiger charge is -2.26. The Balaban J connectivity index is 1.67. The van der Waals surface area contributed by atoms with Crippen LogP contribution in [0.4, 0.5) is 5.95 Å². The highest BCUT2D eigenvalue weighted by molar-refractivity contribution is 6.33. The van der Waals surface area contributed by atoms with Crippen molar-refractivity contribution in [3.05, 3.63) is 70.3 Å². The van der Waals surface area contributed by atoms with Crippen LogP contribution < -0.4 is 15.4 Å². The van der Waals surface area contributed by atoms with E-state index in [1.807, 2.05) is 0 Å². The first kappa shape index (κ1) is 25.5. The molecule has 1 unspecified atom stereocenters. The Morgan fingerprint density at radius 2 is 2.00 bits per heavy atom. The minimum atomic E-state index is -0.188. The number of benzene rings is 1. The summed E-state index contributed by atoms with van der Waals surface area (Å²) in [4.78, 5) is 23.3. The molecule has 3 rings (SSSR count). The van der Waals surface area contributed by atoms with Crippen LogP contribution in [0.5, 0.6) is 5.75 Å². The second-order valence-corrected chi connectivity index (χ2v) is 8.45. The molecule has 1 aromatic heterocycles. The van der Waals surface area contributed by atoms with Gasteiger partial charge in [0.2, 0.25) is 5.95 Å². The molecule has 1 atom stereocenters. The summed E-state index contributed by atoms with van der Waals surface area (Å²) in [5.74, 6) is 0.821. The van der Waals surface area contributed by atoms with Gasteiger partial charge in [-0.3, -0.25) is 4.79 Å². The summed E-state index contributed by atoms with van der Waals surface area (Å²) < 4.78 is 10.6. The SMILES string of the molecule is CNC(=O)c1cc(CCc2cnc(NC3=CN(CCOC)C(C)CC=C3)nc2)c(Cl)c(OC)c1. The maximum absolute atomic E-state index is 12.1. The van der Waals surface area contributed by atoms with Crippen molar-refractivity contribution in [2.45, 2.75) is 32.2 Å². The molecule has 0 radical (unpaired) electrons. The average molecular weight is 486 g/mol. The van der Waals surface area contributed by atoms with Crippen LogP contribution in [0, 0.1) is 0 Å². The van der Waals surface area contributed by atoms with E-state index >= 15 is 0 Å². The fraction of sp³-hybridized carbons (Fsp3) is 0.400. The molecular formula is C25H32ClN5O3. The van der Waals surface area contributed by atoms with E-state index in [4.69, 9.17) is 21.1 Å². The molecule has 9 heteroatoms. The number of rotatable bonds is 10. The van der Waals surface area contributed by atoms with Crippen molar-refractivity contribution < 1.29 is 14.3 Å². The maximum atomic E-state index is 12.1. The number of hydrogen-bond acceptors (Lipinski definition) is 7. The van der Waals surface area contributed by atoms with Gasteiger partial charge in [0.25, 0.3) is 5.91 Å². The molecule has 34 heavy (non-hydrogen) atoms. The monoisotopic (exact) mass is 485 g/mol. The number of nitrogens with zero attached hydrogens (tertiary/aromatic N) is 3. The molecule has 0 saturated heterocycles. The minimum Gasteiger partial charge on any atom is -0.495 e. The Morgan fingerprint density at radius 3 is 2.68 bits per heavy atom. The highest BCUT2D eigenvalue weighted by atomic mass is 35.5. The number of aromatic nitrogens is 2. The molecule has 0 bridgehead atoms. The predicted octanol–water partition coefficient (Wildman–Crippen LogP) is 3.83. The van der Waals surface area contributed by atoms with Crippen LogP contribution in [0.1, 0.15) is 34.8 Å². The van der Waals surface area contributed by atoms with Crippen molar-refractivity contribution >= 4 is 23.5 Å². The molecule has 0 saturated carbocycles. The van der Waals surface area contributed by atoms with Crippen LogP contribution >= 0.6 is 11.6 Å². The number of carbonyl (C=O) groups is 1. The van der Waals surface area contributed by atoms with E-state index in [2.05, 4.69) is 50.8 Å². The van der Waals surface area contributed by atoms with Crippen molar-refractivity contribution in [1.29, 1.82) is 0 Å². The number of halogens is 1. The molecule has 2 heterocycles. The lowest BCUT2D eigenvalue weighted by atomic mass is 10.0. The van der Waals surface area contributed by atoms with Crippen molar-refractivity contribution in [2.24, 2.45) is 0 Å². The molecule has 1 aliphatic rings. The van der Waals surface area contributed by atoms with Crippen molar-refractivity contribution in [2.75, 3.05) is 39.7 Å². The van der Waals surface area contributed by atoms with Crippen LogP contribution in [-0.4, -0.2) is 61.2 Å². The second kappa shape index (κ2) is 12.4. The summed E-state index contributed by atoms with van der Waals surface area (Å²) in [6.45, 7) is 3.68. The number of aryl methyl sites for hydroxylation is 2. The van der Waals surface area contributed by atoms with Crippen LogP contribution in [-0.2, 0) is 17.6 Å². The molecule has 0 fully saturated rings. The van der Waals surface area contributed by atoms with E-state index in [0.717, 1.165) is 29.8 Å². The third-order valence-corrected chi connectivity index (χ3v) is 6.10. The third kappa shape index (κ3) is 6.71. The van der Waals surface area contributed by atoms with Crippen LogP contribution in [0.25, 0.3) is 0 Å². The van der Waals surface area contributed by atoms with Gasteiger partial charge in [-0.25, -0.2) is 9.97 Å².